The number of amides is 1. The van der Waals surface area contributed by atoms with Gasteiger partial charge in [0.25, 0.3) is 0 Å². The third-order valence-corrected chi connectivity index (χ3v) is 5.05. The molecule has 0 spiro atoms. The van der Waals surface area contributed by atoms with Gasteiger partial charge in [-0.2, -0.15) is 0 Å². The molecule has 0 bridgehead atoms. The summed E-state index contributed by atoms with van der Waals surface area (Å²) in [5, 5.41) is 5.34. The molecule has 0 saturated heterocycles. The van der Waals surface area contributed by atoms with Gasteiger partial charge in [0, 0.05) is 22.0 Å². The molecule has 1 fully saturated rings. The van der Waals surface area contributed by atoms with Crippen LogP contribution < -0.4 is 10.2 Å². The van der Waals surface area contributed by atoms with Crippen molar-refractivity contribution in [2.24, 2.45) is 0 Å². The van der Waals surface area contributed by atoms with Gasteiger partial charge >= 0.3 is 4.87 Å². The quantitative estimate of drug-likeness (QED) is 0.931. The Balaban J connectivity index is 1.82. The molecule has 6 heteroatoms. The summed E-state index contributed by atoms with van der Waals surface area (Å²) >= 11 is 7.29. The molecule has 116 valence electrons. The monoisotopic (exact) mass is 336 g/mol. The fraction of sp³-hybridized carbons (Fsp3) is 0.375. The van der Waals surface area contributed by atoms with Gasteiger partial charge in [-0.15, -0.1) is 0 Å². The fourth-order valence-corrected chi connectivity index (χ4v) is 3.84. The number of thiazole rings is 1. The van der Waals surface area contributed by atoms with Crippen LogP contribution in [0.25, 0.3) is 11.3 Å². The number of nitrogens with zero attached hydrogens (tertiary/aromatic N) is 1. The van der Waals surface area contributed by atoms with Crippen LogP contribution in [-0.2, 0) is 11.3 Å². The molecule has 1 saturated carbocycles. The first-order chi connectivity index (χ1) is 10.6. The molecule has 1 amide bonds. The second-order valence-corrected chi connectivity index (χ2v) is 6.73. The summed E-state index contributed by atoms with van der Waals surface area (Å²) in [6, 6.07) is 7.60. The maximum Gasteiger partial charge on any atom is 0.308 e. The highest BCUT2D eigenvalue weighted by Crippen LogP contribution is 2.27. The van der Waals surface area contributed by atoms with Gasteiger partial charge in [0.1, 0.15) is 6.54 Å². The Hall–Kier alpha value is -1.59. The molecule has 1 aromatic carbocycles. The van der Waals surface area contributed by atoms with Crippen LogP contribution in [-0.4, -0.2) is 16.5 Å². The number of aromatic nitrogens is 1. The predicted molar refractivity (Wildman–Crippen MR) is 89.4 cm³/mol. The summed E-state index contributed by atoms with van der Waals surface area (Å²) in [6.45, 7) is 0.0411. The van der Waals surface area contributed by atoms with Gasteiger partial charge in [-0.05, 0) is 18.9 Å². The zero-order valence-corrected chi connectivity index (χ0v) is 13.6. The summed E-state index contributed by atoms with van der Waals surface area (Å²) < 4.78 is 1.50. The summed E-state index contributed by atoms with van der Waals surface area (Å²) in [5.74, 6) is -0.110. The largest absolute Gasteiger partial charge is 0.352 e. The van der Waals surface area contributed by atoms with Gasteiger partial charge in [-0.1, -0.05) is 54.0 Å². The topological polar surface area (TPSA) is 51.1 Å². The number of halogens is 1. The van der Waals surface area contributed by atoms with Crippen molar-refractivity contribution < 1.29 is 4.79 Å². The Labute approximate surface area is 137 Å². The third-order valence-electron chi connectivity index (χ3n) is 3.95. The Morgan fingerprint density at radius 1 is 1.32 bits per heavy atom. The number of rotatable bonds is 4. The fourth-order valence-electron chi connectivity index (χ4n) is 2.85. The lowest BCUT2D eigenvalue weighted by Gasteiger charge is -2.13. The lowest BCUT2D eigenvalue weighted by atomic mass is 10.1. The average Bonchev–Trinajstić information content (AvgIpc) is 3.11. The standard InChI is InChI=1S/C16H17ClN2O2S/c17-13-8-4-3-7-12(13)14-10-22-16(21)19(14)9-15(20)18-11-5-1-2-6-11/h3-4,7-8,10-11H,1-2,5-6,9H2,(H,18,20). The number of hydrogen-bond acceptors (Lipinski definition) is 3. The molecule has 1 heterocycles. The van der Waals surface area contributed by atoms with E-state index in [9.17, 15) is 9.59 Å². The zero-order chi connectivity index (χ0) is 15.5. The molecule has 1 aromatic heterocycles. The Morgan fingerprint density at radius 2 is 2.05 bits per heavy atom. The van der Waals surface area contributed by atoms with Crippen molar-refractivity contribution >= 4 is 28.8 Å². The van der Waals surface area contributed by atoms with E-state index in [0.717, 1.165) is 42.6 Å². The highest BCUT2D eigenvalue weighted by atomic mass is 35.5. The summed E-state index contributed by atoms with van der Waals surface area (Å²) in [4.78, 5) is 24.1. The molecule has 0 aliphatic heterocycles. The Bertz CT molecular complexity index is 732. The van der Waals surface area contributed by atoms with Crippen molar-refractivity contribution in [3.8, 4) is 11.3 Å². The molecule has 1 N–H and O–H groups in total. The molecule has 0 atom stereocenters. The lowest BCUT2D eigenvalue weighted by Crippen LogP contribution is -2.36. The van der Waals surface area contributed by atoms with E-state index in [1.807, 2.05) is 18.2 Å². The minimum Gasteiger partial charge on any atom is -0.352 e. The molecule has 1 aliphatic rings. The first-order valence-electron chi connectivity index (χ1n) is 7.38. The van der Waals surface area contributed by atoms with E-state index in [0.29, 0.717) is 10.7 Å². The van der Waals surface area contributed by atoms with Gasteiger partial charge in [-0.25, -0.2) is 0 Å². The minimum atomic E-state index is -0.142. The highest BCUT2D eigenvalue weighted by molar-refractivity contribution is 7.07. The number of nitrogens with one attached hydrogen (secondary N) is 1. The lowest BCUT2D eigenvalue weighted by molar-refractivity contribution is -0.122. The SMILES string of the molecule is O=C(Cn1c(-c2ccccc2Cl)csc1=O)NC1CCCC1. The second kappa shape index (κ2) is 6.67. The van der Waals surface area contributed by atoms with Crippen LogP contribution in [0.5, 0.6) is 0 Å². The van der Waals surface area contributed by atoms with Gasteiger partial charge < -0.3 is 5.32 Å². The highest BCUT2D eigenvalue weighted by Gasteiger charge is 2.19. The van der Waals surface area contributed by atoms with Crippen LogP contribution in [0.3, 0.4) is 0 Å². The van der Waals surface area contributed by atoms with Crippen molar-refractivity contribution in [1.29, 1.82) is 0 Å². The van der Waals surface area contributed by atoms with Crippen LogP contribution >= 0.6 is 22.9 Å². The van der Waals surface area contributed by atoms with Gasteiger partial charge in [0.15, 0.2) is 0 Å². The average molecular weight is 337 g/mol. The van der Waals surface area contributed by atoms with Crippen molar-refractivity contribution in [1.82, 2.24) is 9.88 Å². The maximum atomic E-state index is 12.2. The molecule has 0 unspecified atom stereocenters. The minimum absolute atomic E-state index is 0.0411. The van der Waals surface area contributed by atoms with Crippen molar-refractivity contribution in [2.75, 3.05) is 0 Å². The predicted octanol–water partition coefficient (Wildman–Crippen LogP) is 3.29. The maximum absolute atomic E-state index is 12.2. The normalized spacial score (nSPS) is 15.1. The van der Waals surface area contributed by atoms with Gasteiger partial charge in [-0.3, -0.25) is 14.2 Å². The summed E-state index contributed by atoms with van der Waals surface area (Å²) in [5.41, 5.74) is 1.47. The van der Waals surface area contributed by atoms with Crippen LogP contribution in [0, 0.1) is 0 Å². The molecule has 3 rings (SSSR count). The van der Waals surface area contributed by atoms with Crippen molar-refractivity contribution in [3.63, 3.8) is 0 Å². The van der Waals surface area contributed by atoms with Crippen LogP contribution in [0.15, 0.2) is 34.4 Å². The summed E-state index contributed by atoms with van der Waals surface area (Å²) in [7, 11) is 0. The Morgan fingerprint density at radius 3 is 2.77 bits per heavy atom. The molecule has 2 aromatic rings. The first kappa shape index (κ1) is 15.3. The van der Waals surface area contributed by atoms with E-state index in [1.165, 1.54) is 4.57 Å². The molecular weight excluding hydrogens is 320 g/mol. The molecule has 4 nitrogen and oxygen atoms in total. The summed E-state index contributed by atoms with van der Waals surface area (Å²) in [6.07, 6.45) is 4.38. The van der Waals surface area contributed by atoms with Gasteiger partial charge in [0.2, 0.25) is 5.91 Å². The number of hydrogen-bond donors (Lipinski definition) is 1. The van der Waals surface area contributed by atoms with Crippen LogP contribution in [0.1, 0.15) is 25.7 Å². The van der Waals surface area contributed by atoms with E-state index in [4.69, 9.17) is 11.6 Å². The first-order valence-corrected chi connectivity index (χ1v) is 8.63. The van der Waals surface area contributed by atoms with E-state index in [-0.39, 0.29) is 23.4 Å². The molecule has 1 aliphatic carbocycles. The van der Waals surface area contributed by atoms with Gasteiger partial charge in [0.05, 0.1) is 5.69 Å². The van der Waals surface area contributed by atoms with Crippen LogP contribution in [0.4, 0.5) is 0 Å². The smallest absolute Gasteiger partial charge is 0.308 e. The van der Waals surface area contributed by atoms with E-state index in [1.54, 1.807) is 11.4 Å². The van der Waals surface area contributed by atoms with Crippen LogP contribution in [0.2, 0.25) is 5.02 Å². The van der Waals surface area contributed by atoms with Crippen molar-refractivity contribution in [3.05, 3.63) is 44.3 Å². The van der Waals surface area contributed by atoms with Crippen molar-refractivity contribution in [2.45, 2.75) is 38.3 Å². The Kier molecular flexibility index (Phi) is 4.64. The zero-order valence-electron chi connectivity index (χ0n) is 12.0. The third kappa shape index (κ3) is 3.25. The van der Waals surface area contributed by atoms with E-state index in [2.05, 4.69) is 5.32 Å². The second-order valence-electron chi connectivity index (χ2n) is 5.50. The number of carbonyl (C=O) groups excluding carboxylic acids is 1. The molecule has 22 heavy (non-hydrogen) atoms. The van der Waals surface area contributed by atoms with E-state index >= 15 is 0 Å². The molecule has 0 radical (unpaired) electrons. The van der Waals surface area contributed by atoms with E-state index < -0.39 is 0 Å². The number of benzene rings is 1. The number of carbonyl (C=O) groups is 1. The molecular formula is C16H17ClN2O2S.